The first-order valence-corrected chi connectivity index (χ1v) is 4.88. The molecule has 0 aromatic heterocycles. The molecule has 13 heavy (non-hydrogen) atoms. The van der Waals surface area contributed by atoms with Crippen LogP contribution in [0.15, 0.2) is 22.7 Å². The molecule has 4 heteroatoms. The Morgan fingerprint density at radius 3 is 3.08 bits per heavy atom. The Bertz CT molecular complexity index is 316. The van der Waals surface area contributed by atoms with E-state index in [1.165, 1.54) is 0 Å². The number of halogens is 1. The van der Waals surface area contributed by atoms with Crippen molar-refractivity contribution in [3.63, 3.8) is 0 Å². The van der Waals surface area contributed by atoms with Crippen LogP contribution >= 0.6 is 15.9 Å². The summed E-state index contributed by atoms with van der Waals surface area (Å²) in [4.78, 5) is 0. The Kier molecular flexibility index (Phi) is 2.42. The highest BCUT2D eigenvalue weighted by atomic mass is 79.9. The van der Waals surface area contributed by atoms with Crippen molar-refractivity contribution in [2.24, 2.45) is 5.73 Å². The summed E-state index contributed by atoms with van der Waals surface area (Å²) in [6.07, 6.45) is -0.0197. The van der Waals surface area contributed by atoms with Crippen LogP contribution in [0.2, 0.25) is 0 Å². The third-order valence-electron chi connectivity index (χ3n) is 1.89. The van der Waals surface area contributed by atoms with E-state index in [0.29, 0.717) is 13.2 Å². The minimum atomic E-state index is -0.0197. The standard InChI is InChI=1S/C9H10BrNO2/c10-6-1-2-8-9(3-6)12-5-7(4-11)13-8/h1-3,7H,4-5,11H2. The molecule has 0 fully saturated rings. The number of benzene rings is 1. The zero-order valence-corrected chi connectivity index (χ0v) is 8.58. The highest BCUT2D eigenvalue weighted by molar-refractivity contribution is 9.10. The molecule has 0 spiro atoms. The molecule has 1 atom stereocenters. The molecule has 3 nitrogen and oxygen atoms in total. The number of ether oxygens (including phenoxy) is 2. The van der Waals surface area contributed by atoms with Gasteiger partial charge in [0.25, 0.3) is 0 Å². The number of rotatable bonds is 1. The Balaban J connectivity index is 2.26. The van der Waals surface area contributed by atoms with E-state index < -0.39 is 0 Å². The molecule has 1 unspecified atom stereocenters. The second kappa shape index (κ2) is 3.55. The van der Waals surface area contributed by atoms with Gasteiger partial charge >= 0.3 is 0 Å². The van der Waals surface area contributed by atoms with Crippen LogP contribution in [0.5, 0.6) is 11.5 Å². The summed E-state index contributed by atoms with van der Waals surface area (Å²) in [5, 5.41) is 0. The van der Waals surface area contributed by atoms with E-state index in [1.807, 2.05) is 18.2 Å². The summed E-state index contributed by atoms with van der Waals surface area (Å²) in [6, 6.07) is 5.68. The molecule has 1 aliphatic rings. The van der Waals surface area contributed by atoms with Gasteiger partial charge in [-0.15, -0.1) is 0 Å². The molecule has 1 aromatic carbocycles. The molecule has 1 aromatic rings. The fraction of sp³-hybridized carbons (Fsp3) is 0.333. The SMILES string of the molecule is NCC1COc2cc(Br)ccc2O1. The maximum absolute atomic E-state index is 5.57. The fourth-order valence-electron chi connectivity index (χ4n) is 1.20. The van der Waals surface area contributed by atoms with Gasteiger partial charge in [-0.05, 0) is 18.2 Å². The van der Waals surface area contributed by atoms with Gasteiger partial charge in [0.15, 0.2) is 11.5 Å². The number of hydrogen-bond acceptors (Lipinski definition) is 3. The van der Waals surface area contributed by atoms with Crippen molar-refractivity contribution in [2.45, 2.75) is 6.10 Å². The van der Waals surface area contributed by atoms with Gasteiger partial charge in [0.05, 0.1) is 0 Å². The van der Waals surface area contributed by atoms with E-state index in [2.05, 4.69) is 15.9 Å². The minimum Gasteiger partial charge on any atom is -0.486 e. The largest absolute Gasteiger partial charge is 0.486 e. The molecule has 2 N–H and O–H groups in total. The normalized spacial score (nSPS) is 20.0. The molecule has 0 bridgehead atoms. The molecular weight excluding hydrogens is 234 g/mol. The number of nitrogens with two attached hydrogens (primary N) is 1. The summed E-state index contributed by atoms with van der Waals surface area (Å²) in [6.45, 7) is 1.01. The molecule has 0 radical (unpaired) electrons. The van der Waals surface area contributed by atoms with Crippen LogP contribution in [-0.4, -0.2) is 19.3 Å². The van der Waals surface area contributed by atoms with Crippen LogP contribution in [0.4, 0.5) is 0 Å². The van der Waals surface area contributed by atoms with E-state index >= 15 is 0 Å². The molecule has 0 aliphatic carbocycles. The maximum atomic E-state index is 5.57. The first-order valence-electron chi connectivity index (χ1n) is 4.08. The highest BCUT2D eigenvalue weighted by Gasteiger charge is 2.19. The van der Waals surface area contributed by atoms with Crippen LogP contribution in [0.25, 0.3) is 0 Å². The van der Waals surface area contributed by atoms with Crippen molar-refractivity contribution in [3.05, 3.63) is 22.7 Å². The van der Waals surface area contributed by atoms with Crippen molar-refractivity contribution in [1.82, 2.24) is 0 Å². The number of hydrogen-bond donors (Lipinski definition) is 1. The Labute approximate surface area is 85.0 Å². The fourth-order valence-corrected chi connectivity index (χ4v) is 1.54. The van der Waals surface area contributed by atoms with Gasteiger partial charge in [0, 0.05) is 11.0 Å². The maximum Gasteiger partial charge on any atom is 0.162 e. The molecule has 1 heterocycles. The van der Waals surface area contributed by atoms with Gasteiger partial charge in [-0.3, -0.25) is 0 Å². The Morgan fingerprint density at radius 1 is 1.46 bits per heavy atom. The predicted octanol–water partition coefficient (Wildman–Crippen LogP) is 1.55. The number of fused-ring (bicyclic) bond motifs is 1. The highest BCUT2D eigenvalue weighted by Crippen LogP contribution is 2.33. The average molecular weight is 244 g/mol. The summed E-state index contributed by atoms with van der Waals surface area (Å²) in [7, 11) is 0. The minimum absolute atomic E-state index is 0.0197. The second-order valence-corrected chi connectivity index (χ2v) is 3.79. The lowest BCUT2D eigenvalue weighted by molar-refractivity contribution is 0.0968. The van der Waals surface area contributed by atoms with Gasteiger partial charge in [-0.1, -0.05) is 15.9 Å². The third-order valence-corrected chi connectivity index (χ3v) is 2.38. The Hall–Kier alpha value is -0.740. The summed E-state index contributed by atoms with van der Waals surface area (Å²) in [5.74, 6) is 1.55. The van der Waals surface area contributed by atoms with Gasteiger partial charge in [0.1, 0.15) is 12.7 Å². The van der Waals surface area contributed by atoms with Crippen molar-refractivity contribution in [1.29, 1.82) is 0 Å². The lowest BCUT2D eigenvalue weighted by Crippen LogP contribution is -2.35. The lowest BCUT2D eigenvalue weighted by atomic mass is 10.2. The summed E-state index contributed by atoms with van der Waals surface area (Å²) >= 11 is 3.36. The zero-order chi connectivity index (χ0) is 9.26. The first-order chi connectivity index (χ1) is 6.29. The predicted molar refractivity (Wildman–Crippen MR) is 53.1 cm³/mol. The molecule has 0 amide bonds. The summed E-state index contributed by atoms with van der Waals surface area (Å²) in [5.41, 5.74) is 5.48. The summed E-state index contributed by atoms with van der Waals surface area (Å²) < 4.78 is 12.0. The quantitative estimate of drug-likeness (QED) is 0.815. The van der Waals surface area contributed by atoms with E-state index in [-0.39, 0.29) is 6.10 Å². The first kappa shape index (κ1) is 8.84. The van der Waals surface area contributed by atoms with Crippen molar-refractivity contribution >= 4 is 15.9 Å². The molecule has 1 aliphatic heterocycles. The molecule has 70 valence electrons. The van der Waals surface area contributed by atoms with Gasteiger partial charge in [-0.25, -0.2) is 0 Å². The van der Waals surface area contributed by atoms with E-state index in [4.69, 9.17) is 15.2 Å². The van der Waals surface area contributed by atoms with Crippen LogP contribution < -0.4 is 15.2 Å². The van der Waals surface area contributed by atoms with E-state index in [1.54, 1.807) is 0 Å². The van der Waals surface area contributed by atoms with E-state index in [0.717, 1.165) is 16.0 Å². The lowest BCUT2D eigenvalue weighted by Gasteiger charge is -2.25. The van der Waals surface area contributed by atoms with Crippen molar-refractivity contribution in [2.75, 3.05) is 13.2 Å². The van der Waals surface area contributed by atoms with Crippen molar-refractivity contribution < 1.29 is 9.47 Å². The third kappa shape index (κ3) is 1.78. The topological polar surface area (TPSA) is 44.5 Å². The molecule has 0 saturated heterocycles. The zero-order valence-electron chi connectivity index (χ0n) is 7.00. The second-order valence-electron chi connectivity index (χ2n) is 2.88. The van der Waals surface area contributed by atoms with Gasteiger partial charge in [0.2, 0.25) is 0 Å². The van der Waals surface area contributed by atoms with Crippen molar-refractivity contribution in [3.8, 4) is 11.5 Å². The molecule has 0 saturated carbocycles. The monoisotopic (exact) mass is 243 g/mol. The van der Waals surface area contributed by atoms with Crippen LogP contribution in [0.1, 0.15) is 0 Å². The van der Waals surface area contributed by atoms with Crippen LogP contribution in [-0.2, 0) is 0 Å². The molecular formula is C9H10BrNO2. The van der Waals surface area contributed by atoms with Gasteiger partial charge < -0.3 is 15.2 Å². The molecule has 2 rings (SSSR count). The Morgan fingerprint density at radius 2 is 2.31 bits per heavy atom. The van der Waals surface area contributed by atoms with Gasteiger partial charge in [-0.2, -0.15) is 0 Å². The average Bonchev–Trinajstić information content (AvgIpc) is 2.17. The smallest absolute Gasteiger partial charge is 0.162 e. The van der Waals surface area contributed by atoms with E-state index in [9.17, 15) is 0 Å². The van der Waals surface area contributed by atoms with Crippen LogP contribution in [0, 0.1) is 0 Å². The van der Waals surface area contributed by atoms with Crippen LogP contribution in [0.3, 0.4) is 0 Å².